The SMILES string of the molecule is COc1cc(Cl)c(NC(=O)C(N=Nc2cc(Cl)cc(OC)c2OC)C(C)=O)c(OC)c1. The number of carbonyl (C=O) groups excluding carboxylic acids is 2. The third-order valence-electron chi connectivity index (χ3n) is 4.07. The highest BCUT2D eigenvalue weighted by atomic mass is 35.5. The Bertz CT molecular complexity index is 1010. The molecule has 166 valence electrons. The maximum atomic E-state index is 12.8. The molecule has 0 heterocycles. The number of carbonyl (C=O) groups is 2. The monoisotopic (exact) mass is 469 g/mol. The van der Waals surface area contributed by atoms with Crippen LogP contribution < -0.4 is 24.3 Å². The van der Waals surface area contributed by atoms with Crippen molar-refractivity contribution in [2.24, 2.45) is 10.2 Å². The van der Waals surface area contributed by atoms with Crippen LogP contribution in [0.4, 0.5) is 11.4 Å². The Balaban J connectivity index is 2.37. The van der Waals surface area contributed by atoms with Gasteiger partial charge in [0.25, 0.3) is 5.91 Å². The smallest absolute Gasteiger partial charge is 0.258 e. The summed E-state index contributed by atoms with van der Waals surface area (Å²) in [5, 5.41) is 10.9. The van der Waals surface area contributed by atoms with Crippen molar-refractivity contribution in [3.8, 4) is 23.0 Å². The molecule has 0 bridgehead atoms. The van der Waals surface area contributed by atoms with E-state index in [9.17, 15) is 9.59 Å². The first-order chi connectivity index (χ1) is 14.7. The molecule has 0 saturated heterocycles. The third kappa shape index (κ3) is 5.77. The fourth-order valence-electron chi connectivity index (χ4n) is 2.57. The fourth-order valence-corrected chi connectivity index (χ4v) is 3.02. The van der Waals surface area contributed by atoms with Crippen LogP contribution in [0.1, 0.15) is 6.92 Å². The maximum Gasteiger partial charge on any atom is 0.258 e. The number of azo groups is 1. The van der Waals surface area contributed by atoms with Crippen LogP contribution in [0.5, 0.6) is 23.0 Å². The van der Waals surface area contributed by atoms with E-state index in [1.54, 1.807) is 0 Å². The highest BCUT2D eigenvalue weighted by Crippen LogP contribution is 2.40. The lowest BCUT2D eigenvalue weighted by atomic mass is 10.2. The Hall–Kier alpha value is -3.04. The number of rotatable bonds is 9. The van der Waals surface area contributed by atoms with Gasteiger partial charge in [-0.05, 0) is 13.0 Å². The van der Waals surface area contributed by atoms with Crippen molar-refractivity contribution in [2.75, 3.05) is 33.8 Å². The van der Waals surface area contributed by atoms with Crippen LogP contribution in [0.15, 0.2) is 34.5 Å². The Morgan fingerprint density at radius 1 is 0.935 bits per heavy atom. The molecule has 2 aromatic carbocycles. The number of ether oxygens (including phenoxy) is 4. The number of anilines is 1. The minimum absolute atomic E-state index is 0.157. The molecular weight excluding hydrogens is 449 g/mol. The van der Waals surface area contributed by atoms with Gasteiger partial charge in [0.1, 0.15) is 22.9 Å². The summed E-state index contributed by atoms with van der Waals surface area (Å²) in [6.07, 6.45) is 0. The zero-order chi connectivity index (χ0) is 23.1. The second-order valence-electron chi connectivity index (χ2n) is 6.06. The van der Waals surface area contributed by atoms with E-state index < -0.39 is 17.7 Å². The predicted octanol–water partition coefficient (Wildman–Crippen LogP) is 4.71. The van der Waals surface area contributed by atoms with Crippen LogP contribution in [0.3, 0.4) is 0 Å². The molecule has 2 rings (SSSR count). The van der Waals surface area contributed by atoms with Crippen molar-refractivity contribution < 1.29 is 28.5 Å². The summed E-state index contributed by atoms with van der Waals surface area (Å²) in [7, 11) is 5.72. The van der Waals surface area contributed by atoms with Crippen molar-refractivity contribution in [3.63, 3.8) is 0 Å². The number of methoxy groups -OCH3 is 4. The quantitative estimate of drug-likeness (QED) is 0.420. The lowest BCUT2D eigenvalue weighted by molar-refractivity contribution is -0.126. The standard InChI is InChI=1S/C20H21Cl2N3O6/c1-10(26)17(25-24-14-6-11(21)7-16(30-4)19(14)31-5)20(27)23-18-13(22)8-12(28-2)9-15(18)29-3/h6-9,17H,1-5H3,(H,23,27). The number of amides is 1. The molecule has 11 heteroatoms. The summed E-state index contributed by atoms with van der Waals surface area (Å²) in [6, 6.07) is 4.57. The molecule has 0 aliphatic carbocycles. The minimum atomic E-state index is -1.46. The van der Waals surface area contributed by atoms with Gasteiger partial charge in [-0.3, -0.25) is 9.59 Å². The number of benzene rings is 2. The molecular formula is C20H21Cl2N3O6. The number of Topliss-reactive ketones (excluding diaryl/α,β-unsaturated/α-hetero) is 1. The van der Waals surface area contributed by atoms with Crippen LogP contribution in [0.2, 0.25) is 10.0 Å². The Morgan fingerprint density at radius 2 is 1.61 bits per heavy atom. The minimum Gasteiger partial charge on any atom is -0.497 e. The second kappa shape index (κ2) is 10.8. The molecule has 31 heavy (non-hydrogen) atoms. The summed E-state index contributed by atoms with van der Waals surface area (Å²) < 4.78 is 20.8. The highest BCUT2D eigenvalue weighted by molar-refractivity contribution is 6.34. The molecule has 0 spiro atoms. The van der Waals surface area contributed by atoms with Crippen molar-refractivity contribution in [2.45, 2.75) is 13.0 Å². The van der Waals surface area contributed by atoms with Gasteiger partial charge in [0, 0.05) is 23.2 Å². The van der Waals surface area contributed by atoms with E-state index in [4.69, 9.17) is 42.1 Å². The average molecular weight is 470 g/mol. The molecule has 0 radical (unpaired) electrons. The van der Waals surface area contributed by atoms with Crippen LogP contribution in [0, 0.1) is 0 Å². The van der Waals surface area contributed by atoms with Crippen molar-refractivity contribution in [1.82, 2.24) is 0 Å². The van der Waals surface area contributed by atoms with Gasteiger partial charge in [0.05, 0.1) is 33.5 Å². The first-order valence-corrected chi connectivity index (χ1v) is 9.56. The van der Waals surface area contributed by atoms with E-state index in [-0.39, 0.29) is 27.9 Å². The molecule has 9 nitrogen and oxygen atoms in total. The van der Waals surface area contributed by atoms with E-state index >= 15 is 0 Å². The van der Waals surface area contributed by atoms with Gasteiger partial charge in [-0.15, -0.1) is 0 Å². The van der Waals surface area contributed by atoms with E-state index in [0.29, 0.717) is 16.5 Å². The number of hydrogen-bond acceptors (Lipinski definition) is 8. The zero-order valence-electron chi connectivity index (χ0n) is 17.5. The molecule has 0 aliphatic heterocycles. The topological polar surface area (TPSA) is 108 Å². The lowest BCUT2D eigenvalue weighted by Gasteiger charge is -2.15. The number of hydrogen-bond donors (Lipinski definition) is 1. The van der Waals surface area contributed by atoms with Crippen LogP contribution >= 0.6 is 23.2 Å². The molecule has 1 atom stereocenters. The second-order valence-corrected chi connectivity index (χ2v) is 6.91. The number of nitrogens with zero attached hydrogens (tertiary/aromatic N) is 2. The number of halogens is 2. The first kappa shape index (κ1) is 24.2. The van der Waals surface area contributed by atoms with Crippen LogP contribution in [0.25, 0.3) is 0 Å². The van der Waals surface area contributed by atoms with Crippen molar-refractivity contribution in [1.29, 1.82) is 0 Å². The molecule has 1 amide bonds. The van der Waals surface area contributed by atoms with Crippen molar-refractivity contribution >= 4 is 46.3 Å². The summed E-state index contributed by atoms with van der Waals surface area (Å²) in [4.78, 5) is 24.9. The molecule has 1 unspecified atom stereocenters. The lowest BCUT2D eigenvalue weighted by Crippen LogP contribution is -2.32. The van der Waals surface area contributed by atoms with E-state index in [1.165, 1.54) is 59.6 Å². The van der Waals surface area contributed by atoms with Gasteiger partial charge in [-0.2, -0.15) is 10.2 Å². The molecule has 1 N–H and O–H groups in total. The van der Waals surface area contributed by atoms with Crippen molar-refractivity contribution in [3.05, 3.63) is 34.3 Å². The zero-order valence-corrected chi connectivity index (χ0v) is 19.0. The van der Waals surface area contributed by atoms with Crippen LogP contribution in [-0.4, -0.2) is 46.2 Å². The number of nitrogens with one attached hydrogen (secondary N) is 1. The van der Waals surface area contributed by atoms with Gasteiger partial charge in [-0.25, -0.2) is 0 Å². The highest BCUT2D eigenvalue weighted by Gasteiger charge is 2.26. The summed E-state index contributed by atoms with van der Waals surface area (Å²) in [5.41, 5.74) is 0.351. The van der Waals surface area contributed by atoms with Gasteiger partial charge in [-0.1, -0.05) is 23.2 Å². The molecule has 0 aliphatic rings. The van der Waals surface area contributed by atoms with Gasteiger partial charge in [0.15, 0.2) is 17.3 Å². The Labute approximate surface area is 189 Å². The predicted molar refractivity (Wildman–Crippen MR) is 117 cm³/mol. The van der Waals surface area contributed by atoms with Gasteiger partial charge >= 0.3 is 0 Å². The normalized spacial score (nSPS) is 11.7. The first-order valence-electron chi connectivity index (χ1n) is 8.80. The number of ketones is 1. The van der Waals surface area contributed by atoms with E-state index in [0.717, 1.165) is 0 Å². The summed E-state index contributed by atoms with van der Waals surface area (Å²) in [5.74, 6) is -0.0454. The van der Waals surface area contributed by atoms with Crippen LogP contribution in [-0.2, 0) is 9.59 Å². The Morgan fingerprint density at radius 3 is 2.16 bits per heavy atom. The third-order valence-corrected chi connectivity index (χ3v) is 4.59. The summed E-state index contributed by atoms with van der Waals surface area (Å²) in [6.45, 7) is 1.21. The van der Waals surface area contributed by atoms with E-state index in [2.05, 4.69) is 15.5 Å². The molecule has 0 aromatic heterocycles. The maximum absolute atomic E-state index is 12.8. The molecule has 2 aromatic rings. The molecule has 0 saturated carbocycles. The van der Waals surface area contributed by atoms with Gasteiger partial charge in [0.2, 0.25) is 6.04 Å². The summed E-state index contributed by atoms with van der Waals surface area (Å²) >= 11 is 12.3. The largest absolute Gasteiger partial charge is 0.497 e. The van der Waals surface area contributed by atoms with E-state index in [1.807, 2.05) is 0 Å². The fraction of sp³-hybridized carbons (Fsp3) is 0.300. The molecule has 0 fully saturated rings. The van der Waals surface area contributed by atoms with Gasteiger partial charge < -0.3 is 24.3 Å². The average Bonchev–Trinajstić information content (AvgIpc) is 2.74. The Kier molecular flexibility index (Phi) is 8.47.